The number of anilines is 1. The summed E-state index contributed by atoms with van der Waals surface area (Å²) >= 11 is 13.2. The van der Waals surface area contributed by atoms with E-state index in [0.717, 1.165) is 37.9 Å². The summed E-state index contributed by atoms with van der Waals surface area (Å²) in [5, 5.41) is 26.6. The summed E-state index contributed by atoms with van der Waals surface area (Å²) in [5.41, 5.74) is 6.16. The van der Waals surface area contributed by atoms with E-state index in [9.17, 15) is 23.1 Å². The number of nitriles is 1. The van der Waals surface area contributed by atoms with Gasteiger partial charge in [0.25, 0.3) is 10.0 Å². The number of benzene rings is 5. The van der Waals surface area contributed by atoms with Crippen LogP contribution in [0.3, 0.4) is 0 Å². The molecule has 17 heteroatoms. The van der Waals surface area contributed by atoms with E-state index in [2.05, 4.69) is 21.7 Å². The van der Waals surface area contributed by atoms with Crippen molar-refractivity contribution in [3.63, 3.8) is 0 Å². The highest BCUT2D eigenvalue weighted by molar-refractivity contribution is 7.91. The molecule has 0 radical (unpaired) electrons. The molecule has 0 fully saturated rings. The Morgan fingerprint density at radius 2 is 1.62 bits per heavy atom. The maximum atomic E-state index is 14.7. The van der Waals surface area contributed by atoms with E-state index in [1.54, 1.807) is 55.5 Å². The highest BCUT2D eigenvalue weighted by Gasteiger charge is 2.43. The first-order chi connectivity index (χ1) is 31.1. The second kappa shape index (κ2) is 19.1. The van der Waals surface area contributed by atoms with Crippen molar-refractivity contribution < 1.29 is 37.3 Å². The number of nitrogens with zero attached hydrogens (tertiary/aromatic N) is 3. The van der Waals surface area contributed by atoms with Gasteiger partial charge < -0.3 is 30.0 Å². The number of rotatable bonds is 14. The van der Waals surface area contributed by atoms with Crippen LogP contribution in [0.25, 0.3) is 11.1 Å². The van der Waals surface area contributed by atoms with E-state index in [-0.39, 0.29) is 41.9 Å². The molecular formula is C48H43Cl2N5O8S2. The summed E-state index contributed by atoms with van der Waals surface area (Å²) in [6.45, 7) is 5.70. The van der Waals surface area contributed by atoms with Gasteiger partial charge in [0.1, 0.15) is 31.0 Å². The number of nitrogens with one attached hydrogen (secondary N) is 2. The first-order valence-electron chi connectivity index (χ1n) is 20.7. The smallest absolute Gasteiger partial charge is 0.326 e. The fourth-order valence-corrected chi connectivity index (χ4v) is 11.2. The van der Waals surface area contributed by atoms with Crippen molar-refractivity contribution in [2.75, 3.05) is 11.9 Å². The molecule has 334 valence electrons. The number of sulfonamides is 1. The van der Waals surface area contributed by atoms with Gasteiger partial charge in [0.2, 0.25) is 5.91 Å². The van der Waals surface area contributed by atoms with Crippen LogP contribution >= 0.6 is 34.5 Å². The first kappa shape index (κ1) is 45.4. The van der Waals surface area contributed by atoms with E-state index in [4.69, 9.17) is 42.7 Å². The number of thiazole rings is 1. The van der Waals surface area contributed by atoms with Crippen LogP contribution < -0.4 is 24.8 Å². The van der Waals surface area contributed by atoms with Crippen molar-refractivity contribution in [2.45, 2.75) is 75.2 Å². The molecule has 3 N–H and O–H groups in total. The van der Waals surface area contributed by atoms with Crippen LogP contribution in [-0.4, -0.2) is 59.4 Å². The number of aryl methyl sites for hydroxylation is 1. The Kier molecular flexibility index (Phi) is 13.4. The summed E-state index contributed by atoms with van der Waals surface area (Å²) in [6, 6.07) is 30.0. The van der Waals surface area contributed by atoms with Gasteiger partial charge in [-0.2, -0.15) is 9.57 Å². The average molecular weight is 953 g/mol. The average Bonchev–Trinajstić information content (AvgIpc) is 3.67. The van der Waals surface area contributed by atoms with Crippen LogP contribution in [-0.2, 0) is 45.6 Å². The molecule has 1 aromatic heterocycles. The number of carboxylic acid groups (broad SMARTS) is 1. The predicted octanol–water partition coefficient (Wildman–Crippen LogP) is 9.14. The first-order valence-corrected chi connectivity index (χ1v) is 23.7. The van der Waals surface area contributed by atoms with Gasteiger partial charge in [-0.05, 0) is 115 Å². The molecule has 6 aromatic rings. The van der Waals surface area contributed by atoms with Gasteiger partial charge in [-0.1, -0.05) is 89.1 Å². The lowest BCUT2D eigenvalue weighted by atomic mass is 9.94. The molecule has 65 heavy (non-hydrogen) atoms. The summed E-state index contributed by atoms with van der Waals surface area (Å²) < 4.78 is 49.2. The van der Waals surface area contributed by atoms with Crippen LogP contribution in [0.15, 0.2) is 107 Å². The molecule has 3 heterocycles. The van der Waals surface area contributed by atoms with Crippen LogP contribution in [0.2, 0.25) is 10.0 Å². The van der Waals surface area contributed by atoms with Crippen molar-refractivity contribution in [1.29, 1.82) is 5.26 Å². The summed E-state index contributed by atoms with van der Waals surface area (Å²) in [6.07, 6.45) is -0.611. The van der Waals surface area contributed by atoms with E-state index in [1.165, 1.54) is 0 Å². The number of halogens is 2. The summed E-state index contributed by atoms with van der Waals surface area (Å²) in [5.74, 6) is -0.551. The molecule has 1 unspecified atom stereocenters. The van der Waals surface area contributed by atoms with Crippen molar-refractivity contribution >= 4 is 61.6 Å². The third kappa shape index (κ3) is 10.2. The molecule has 8 rings (SSSR count). The minimum Gasteiger partial charge on any atom is -0.489 e. The number of carbonyl (C=O) groups is 2. The zero-order valence-electron chi connectivity index (χ0n) is 35.4. The van der Waals surface area contributed by atoms with Crippen LogP contribution in [0.1, 0.15) is 59.0 Å². The maximum Gasteiger partial charge on any atom is 0.326 e. The fraction of sp³-hybridized carbons (Fsp3) is 0.250. The van der Waals surface area contributed by atoms with Gasteiger partial charge in [-0.25, -0.2) is 18.2 Å². The Hall–Kier alpha value is -6.15. The van der Waals surface area contributed by atoms with E-state index in [1.807, 2.05) is 68.4 Å². The Morgan fingerprint density at radius 1 is 0.938 bits per heavy atom. The van der Waals surface area contributed by atoms with Crippen molar-refractivity contribution in [2.24, 2.45) is 0 Å². The Balaban J connectivity index is 1.03. The standard InChI is InChI=1S/C48H43Cl2N5O8S2/c1-27(2)52-48-53-28(3)47(64-48)65(59,60)55-24-36-22-43-42(62-26-44(63-43)34-13-15-37(16-14-34)61-25-31-8-17-38(49)39(50)18-31)21-35(36)20-41(55)45(56)54-40(46(57)58)19-29-4-9-32(10-5-29)33-11-6-30(23-51)7-12-33/h4-18,21-22,27,40-41,44H,19-20,24-26H2,1-3H3,(H,52,53)(H,54,56)(H,57,58)/t40-,41-,44?/m0/s1. The number of carboxylic acids is 1. The molecular weight excluding hydrogens is 910 g/mol. The fourth-order valence-electron chi connectivity index (χ4n) is 7.65. The van der Waals surface area contributed by atoms with Gasteiger partial charge in [0.15, 0.2) is 26.9 Å². The number of aromatic nitrogens is 1. The van der Waals surface area contributed by atoms with Gasteiger partial charge >= 0.3 is 5.97 Å². The molecule has 1 amide bonds. The molecule has 13 nitrogen and oxygen atoms in total. The lowest BCUT2D eigenvalue weighted by Crippen LogP contribution is -2.55. The predicted molar refractivity (Wildman–Crippen MR) is 248 cm³/mol. The third-order valence-electron chi connectivity index (χ3n) is 11.0. The topological polar surface area (TPSA) is 180 Å². The number of hydrogen-bond acceptors (Lipinski definition) is 11. The zero-order chi connectivity index (χ0) is 46.0. The molecule has 0 aliphatic carbocycles. The molecule has 0 spiro atoms. The summed E-state index contributed by atoms with van der Waals surface area (Å²) in [7, 11) is -4.37. The molecule has 0 saturated heterocycles. The molecule has 3 atom stereocenters. The highest BCUT2D eigenvalue weighted by Crippen LogP contribution is 2.43. The summed E-state index contributed by atoms with van der Waals surface area (Å²) in [4.78, 5) is 31.5. The maximum absolute atomic E-state index is 14.7. The number of fused-ring (bicyclic) bond motifs is 2. The quantitative estimate of drug-likeness (QED) is 0.0948. The van der Waals surface area contributed by atoms with Crippen molar-refractivity contribution in [1.82, 2.24) is 14.6 Å². The third-order valence-corrected chi connectivity index (χ3v) is 15.3. The van der Waals surface area contributed by atoms with Crippen LogP contribution in [0.4, 0.5) is 5.13 Å². The number of ether oxygens (including phenoxy) is 3. The lowest BCUT2D eigenvalue weighted by Gasteiger charge is -2.36. The Bertz CT molecular complexity index is 2900. The number of amides is 1. The monoisotopic (exact) mass is 951 g/mol. The minimum absolute atomic E-state index is 0.0136. The molecule has 5 aromatic carbocycles. The number of aliphatic carboxylic acids is 1. The van der Waals surface area contributed by atoms with E-state index < -0.39 is 40.1 Å². The molecule has 2 aliphatic rings. The second-order valence-corrected chi connectivity index (χ2v) is 19.9. The minimum atomic E-state index is -4.37. The zero-order valence-corrected chi connectivity index (χ0v) is 38.5. The van der Waals surface area contributed by atoms with Gasteiger partial charge in [-0.3, -0.25) is 4.79 Å². The normalized spacial score (nSPS) is 16.3. The van der Waals surface area contributed by atoms with Crippen molar-refractivity contribution in [3.05, 3.63) is 152 Å². The van der Waals surface area contributed by atoms with Gasteiger partial charge in [0.05, 0.1) is 27.4 Å². The molecule has 0 bridgehead atoms. The molecule has 0 saturated carbocycles. The molecule has 2 aliphatic heterocycles. The van der Waals surface area contributed by atoms with Gasteiger partial charge in [0, 0.05) is 19.0 Å². The largest absolute Gasteiger partial charge is 0.489 e. The van der Waals surface area contributed by atoms with E-state index >= 15 is 0 Å². The van der Waals surface area contributed by atoms with Crippen LogP contribution in [0.5, 0.6) is 17.2 Å². The number of carbonyl (C=O) groups excluding carboxylic acids is 1. The second-order valence-electron chi connectivity index (χ2n) is 16.0. The number of hydrogen-bond donors (Lipinski definition) is 3. The van der Waals surface area contributed by atoms with Crippen LogP contribution in [0, 0.1) is 18.3 Å². The lowest BCUT2D eigenvalue weighted by molar-refractivity contribution is -0.142. The highest BCUT2D eigenvalue weighted by atomic mass is 35.5. The van der Waals surface area contributed by atoms with Crippen molar-refractivity contribution in [3.8, 4) is 34.4 Å². The SMILES string of the molecule is Cc1nc(NC(C)C)sc1S(=O)(=O)N1Cc2cc3c(cc2C[C@H]1C(=O)N[C@@H](Cc1ccc(-c2ccc(C#N)cc2)cc1)C(=O)O)OCC(c1ccc(OCc2ccc(Cl)c(Cl)c2)cc1)O3. The Labute approximate surface area is 390 Å². The van der Waals surface area contributed by atoms with E-state index in [0.29, 0.717) is 61.3 Å². The Morgan fingerprint density at radius 3 is 2.28 bits per heavy atom. The van der Waals surface area contributed by atoms with Gasteiger partial charge in [-0.15, -0.1) is 0 Å².